The zero-order valence-corrected chi connectivity index (χ0v) is 14.2. The molecule has 0 spiro atoms. The number of carbonyl (C=O) groups excluding carboxylic acids is 1. The third-order valence-electron chi connectivity index (χ3n) is 4.22. The molecule has 4 heteroatoms. The van der Waals surface area contributed by atoms with Gasteiger partial charge in [0, 0.05) is 12.0 Å². The van der Waals surface area contributed by atoms with Gasteiger partial charge in [-0.25, -0.2) is 0 Å². The van der Waals surface area contributed by atoms with Crippen LogP contribution in [0.25, 0.3) is 10.8 Å². The predicted octanol–water partition coefficient (Wildman–Crippen LogP) is 3.81. The standard InChI is InChI=1S/C18H24N2O.ClH/c1-4-18(2,3)17(21)20-16(12-19)15-10-9-13-7-5-6-8-14(13)11-15;/h5-11,16H,4,12,19H2,1-3H3,(H,20,21);1H. The predicted molar refractivity (Wildman–Crippen MR) is 95.2 cm³/mol. The fourth-order valence-corrected chi connectivity index (χ4v) is 2.22. The molecule has 120 valence electrons. The number of rotatable bonds is 5. The minimum absolute atomic E-state index is 0. The molecule has 3 nitrogen and oxygen atoms in total. The van der Waals surface area contributed by atoms with Gasteiger partial charge in [0.2, 0.25) is 5.91 Å². The third-order valence-corrected chi connectivity index (χ3v) is 4.22. The molecule has 2 rings (SSSR count). The molecule has 0 saturated carbocycles. The molecule has 0 bridgehead atoms. The number of carbonyl (C=O) groups is 1. The fraction of sp³-hybridized carbons (Fsp3) is 0.389. The number of amides is 1. The second-order valence-corrected chi connectivity index (χ2v) is 6.11. The molecule has 0 aliphatic carbocycles. The van der Waals surface area contributed by atoms with Crippen molar-refractivity contribution in [3.8, 4) is 0 Å². The second kappa shape index (κ2) is 7.61. The van der Waals surface area contributed by atoms with E-state index in [4.69, 9.17) is 5.73 Å². The summed E-state index contributed by atoms with van der Waals surface area (Å²) in [6.45, 7) is 6.32. The molecule has 0 aliphatic heterocycles. The number of hydrogen-bond donors (Lipinski definition) is 2. The SMILES string of the molecule is CCC(C)(C)C(=O)NC(CN)c1ccc2ccccc2c1.Cl. The van der Waals surface area contributed by atoms with E-state index < -0.39 is 0 Å². The first-order valence-electron chi connectivity index (χ1n) is 7.47. The topological polar surface area (TPSA) is 55.1 Å². The van der Waals surface area contributed by atoms with Gasteiger partial charge >= 0.3 is 0 Å². The highest BCUT2D eigenvalue weighted by molar-refractivity contribution is 5.85. The summed E-state index contributed by atoms with van der Waals surface area (Å²) in [4.78, 5) is 12.3. The number of benzene rings is 2. The van der Waals surface area contributed by atoms with E-state index in [2.05, 4.69) is 29.6 Å². The maximum atomic E-state index is 12.3. The van der Waals surface area contributed by atoms with E-state index in [0.29, 0.717) is 6.54 Å². The van der Waals surface area contributed by atoms with E-state index in [1.807, 2.05) is 39.0 Å². The van der Waals surface area contributed by atoms with E-state index in [1.54, 1.807) is 0 Å². The molecule has 0 aromatic heterocycles. The van der Waals surface area contributed by atoms with Crippen LogP contribution in [0.15, 0.2) is 42.5 Å². The van der Waals surface area contributed by atoms with Crippen LogP contribution in [0.2, 0.25) is 0 Å². The molecular formula is C18H25ClN2O. The fourth-order valence-electron chi connectivity index (χ4n) is 2.22. The quantitative estimate of drug-likeness (QED) is 0.880. The summed E-state index contributed by atoms with van der Waals surface area (Å²) in [5, 5.41) is 5.43. The van der Waals surface area contributed by atoms with Crippen molar-refractivity contribution >= 4 is 29.1 Å². The van der Waals surface area contributed by atoms with Crippen molar-refractivity contribution in [1.82, 2.24) is 5.32 Å². The van der Waals surface area contributed by atoms with Gasteiger partial charge in [-0.15, -0.1) is 12.4 Å². The third kappa shape index (κ3) is 3.99. The molecule has 2 aromatic rings. The Bertz CT molecular complexity index is 640. The van der Waals surface area contributed by atoms with Crippen molar-refractivity contribution in [3.63, 3.8) is 0 Å². The van der Waals surface area contributed by atoms with Crippen LogP contribution >= 0.6 is 12.4 Å². The van der Waals surface area contributed by atoms with Gasteiger partial charge in [0.1, 0.15) is 0 Å². The number of nitrogens with two attached hydrogens (primary N) is 1. The van der Waals surface area contributed by atoms with E-state index in [9.17, 15) is 4.79 Å². The Hall–Kier alpha value is -1.58. The molecule has 2 aromatic carbocycles. The van der Waals surface area contributed by atoms with Gasteiger partial charge in [-0.2, -0.15) is 0 Å². The van der Waals surface area contributed by atoms with Crippen molar-refractivity contribution in [2.75, 3.05) is 6.54 Å². The van der Waals surface area contributed by atoms with Gasteiger partial charge in [-0.1, -0.05) is 57.2 Å². The Kier molecular flexibility index (Phi) is 6.39. The van der Waals surface area contributed by atoms with Crippen LogP contribution in [0, 0.1) is 5.41 Å². The van der Waals surface area contributed by atoms with E-state index in [0.717, 1.165) is 17.4 Å². The summed E-state index contributed by atoms with van der Waals surface area (Å²) in [7, 11) is 0. The van der Waals surface area contributed by atoms with Crippen LogP contribution in [0.1, 0.15) is 38.8 Å². The summed E-state index contributed by atoms with van der Waals surface area (Å²) >= 11 is 0. The van der Waals surface area contributed by atoms with Gasteiger partial charge in [-0.3, -0.25) is 4.79 Å². The lowest BCUT2D eigenvalue weighted by Gasteiger charge is -2.26. The van der Waals surface area contributed by atoms with Gasteiger partial charge in [-0.05, 0) is 28.8 Å². The highest BCUT2D eigenvalue weighted by atomic mass is 35.5. The summed E-state index contributed by atoms with van der Waals surface area (Å²) in [6.07, 6.45) is 0.799. The Morgan fingerprint density at radius 2 is 1.82 bits per heavy atom. The molecule has 0 radical (unpaired) electrons. The van der Waals surface area contributed by atoms with Crippen molar-refractivity contribution in [3.05, 3.63) is 48.0 Å². The zero-order chi connectivity index (χ0) is 15.5. The van der Waals surface area contributed by atoms with Crippen LogP contribution in [0.4, 0.5) is 0 Å². The first kappa shape index (κ1) is 18.5. The van der Waals surface area contributed by atoms with Gasteiger partial charge in [0.05, 0.1) is 6.04 Å². The lowest BCUT2D eigenvalue weighted by Crippen LogP contribution is -2.41. The van der Waals surface area contributed by atoms with E-state index in [1.165, 1.54) is 5.39 Å². The van der Waals surface area contributed by atoms with Gasteiger partial charge < -0.3 is 11.1 Å². The highest BCUT2D eigenvalue weighted by Crippen LogP contribution is 2.24. The summed E-state index contributed by atoms with van der Waals surface area (Å²) < 4.78 is 0. The Morgan fingerprint density at radius 3 is 2.41 bits per heavy atom. The summed E-state index contributed by atoms with van der Waals surface area (Å²) in [6, 6.07) is 14.3. The minimum Gasteiger partial charge on any atom is -0.348 e. The highest BCUT2D eigenvalue weighted by Gasteiger charge is 2.27. The van der Waals surface area contributed by atoms with Crippen LogP contribution in [-0.4, -0.2) is 12.5 Å². The van der Waals surface area contributed by atoms with E-state index >= 15 is 0 Å². The second-order valence-electron chi connectivity index (χ2n) is 6.11. The zero-order valence-electron chi connectivity index (χ0n) is 13.4. The van der Waals surface area contributed by atoms with Crippen LogP contribution in [-0.2, 0) is 4.79 Å². The molecule has 0 saturated heterocycles. The molecule has 22 heavy (non-hydrogen) atoms. The molecular weight excluding hydrogens is 296 g/mol. The normalized spacial score (nSPS) is 12.5. The number of halogens is 1. The van der Waals surface area contributed by atoms with Crippen LogP contribution in [0.5, 0.6) is 0 Å². The molecule has 1 atom stereocenters. The largest absolute Gasteiger partial charge is 0.348 e. The molecule has 0 heterocycles. The summed E-state index contributed by atoms with van der Waals surface area (Å²) in [5.74, 6) is 0.0496. The Balaban J connectivity index is 0.00000242. The molecule has 3 N–H and O–H groups in total. The smallest absolute Gasteiger partial charge is 0.226 e. The van der Waals surface area contributed by atoms with Crippen LogP contribution in [0.3, 0.4) is 0 Å². The molecule has 1 unspecified atom stereocenters. The van der Waals surface area contributed by atoms with Crippen molar-refractivity contribution in [2.45, 2.75) is 33.2 Å². The van der Waals surface area contributed by atoms with Crippen molar-refractivity contribution < 1.29 is 4.79 Å². The number of fused-ring (bicyclic) bond motifs is 1. The maximum absolute atomic E-state index is 12.3. The minimum atomic E-state index is -0.371. The lowest BCUT2D eigenvalue weighted by molar-refractivity contribution is -0.130. The number of nitrogens with one attached hydrogen (secondary N) is 1. The summed E-state index contributed by atoms with van der Waals surface area (Å²) in [5.41, 5.74) is 6.55. The number of hydrogen-bond acceptors (Lipinski definition) is 2. The van der Waals surface area contributed by atoms with Gasteiger partial charge in [0.25, 0.3) is 0 Å². The molecule has 0 aliphatic rings. The molecule has 1 amide bonds. The van der Waals surface area contributed by atoms with E-state index in [-0.39, 0.29) is 29.8 Å². The first-order valence-corrected chi connectivity index (χ1v) is 7.47. The Labute approximate surface area is 138 Å². The van der Waals surface area contributed by atoms with Crippen LogP contribution < -0.4 is 11.1 Å². The maximum Gasteiger partial charge on any atom is 0.226 e. The Morgan fingerprint density at radius 1 is 1.18 bits per heavy atom. The van der Waals surface area contributed by atoms with Gasteiger partial charge in [0.15, 0.2) is 0 Å². The lowest BCUT2D eigenvalue weighted by atomic mass is 9.88. The first-order chi connectivity index (χ1) is 9.97. The molecule has 0 fully saturated rings. The van der Waals surface area contributed by atoms with Crippen molar-refractivity contribution in [1.29, 1.82) is 0 Å². The monoisotopic (exact) mass is 320 g/mol. The van der Waals surface area contributed by atoms with Crippen molar-refractivity contribution in [2.24, 2.45) is 11.1 Å². The average Bonchev–Trinajstić information content (AvgIpc) is 2.51. The average molecular weight is 321 g/mol.